The Bertz CT molecular complexity index is 645. The third-order valence-corrected chi connectivity index (χ3v) is 3.50. The summed E-state index contributed by atoms with van der Waals surface area (Å²) in [4.78, 5) is 35.3. The van der Waals surface area contributed by atoms with E-state index in [9.17, 15) is 14.4 Å². The fourth-order valence-electron chi connectivity index (χ4n) is 2.16. The van der Waals surface area contributed by atoms with Crippen molar-refractivity contribution in [1.29, 1.82) is 0 Å². The highest BCUT2D eigenvalue weighted by Crippen LogP contribution is 2.32. The van der Waals surface area contributed by atoms with Gasteiger partial charge in [0.1, 0.15) is 5.60 Å². The Labute approximate surface area is 145 Å². The molecule has 1 atom stereocenters. The van der Waals surface area contributed by atoms with Crippen molar-refractivity contribution in [2.24, 2.45) is 5.92 Å². The number of rotatable bonds is 6. The molecule has 0 saturated heterocycles. The third kappa shape index (κ3) is 5.77. The number of hydrogen-bond donors (Lipinski definition) is 2. The minimum absolute atomic E-state index is 0.0810. The van der Waals surface area contributed by atoms with Crippen molar-refractivity contribution in [1.82, 2.24) is 15.8 Å². The first-order valence-corrected chi connectivity index (χ1v) is 8.02. The van der Waals surface area contributed by atoms with Gasteiger partial charge in [0.2, 0.25) is 5.76 Å². The number of nitrogens with one attached hydrogen (secondary N) is 2. The number of methoxy groups -OCH3 is 1. The Balaban J connectivity index is 1.90. The van der Waals surface area contributed by atoms with E-state index in [4.69, 9.17) is 9.26 Å². The van der Waals surface area contributed by atoms with Gasteiger partial charge in [-0.1, -0.05) is 5.16 Å². The second-order valence-electron chi connectivity index (χ2n) is 6.87. The molecule has 0 spiro atoms. The molecule has 1 aliphatic rings. The number of nitrogens with zero attached hydrogens (tertiary/aromatic N) is 1. The van der Waals surface area contributed by atoms with Crippen molar-refractivity contribution in [3.05, 3.63) is 17.5 Å². The van der Waals surface area contributed by atoms with Gasteiger partial charge in [-0.2, -0.15) is 0 Å². The lowest BCUT2D eigenvalue weighted by molar-refractivity contribution is 0.0517. The van der Waals surface area contributed by atoms with Crippen molar-refractivity contribution in [3.63, 3.8) is 0 Å². The molecule has 1 fully saturated rings. The molecule has 2 N–H and O–H groups in total. The average Bonchev–Trinajstić information content (AvgIpc) is 3.24. The summed E-state index contributed by atoms with van der Waals surface area (Å²) in [7, 11) is 1.21. The van der Waals surface area contributed by atoms with Gasteiger partial charge in [0.15, 0.2) is 5.69 Å². The lowest BCUT2D eigenvalue weighted by atomic mass is 10.1. The molecular weight excluding hydrogens is 330 g/mol. The molecule has 2 rings (SSSR count). The van der Waals surface area contributed by atoms with Crippen LogP contribution in [0.15, 0.2) is 10.6 Å². The summed E-state index contributed by atoms with van der Waals surface area (Å²) in [5, 5.41) is 8.93. The highest BCUT2D eigenvalue weighted by atomic mass is 16.6. The Morgan fingerprint density at radius 2 is 2.04 bits per heavy atom. The van der Waals surface area contributed by atoms with Crippen molar-refractivity contribution >= 4 is 18.0 Å². The van der Waals surface area contributed by atoms with E-state index in [0.29, 0.717) is 0 Å². The maximum Gasteiger partial charge on any atom is 0.407 e. The van der Waals surface area contributed by atoms with Gasteiger partial charge in [0.05, 0.1) is 7.11 Å². The molecule has 1 saturated carbocycles. The van der Waals surface area contributed by atoms with E-state index in [2.05, 4.69) is 20.5 Å². The summed E-state index contributed by atoms with van der Waals surface area (Å²) in [6.07, 6.45) is 1.38. The largest absolute Gasteiger partial charge is 0.464 e. The van der Waals surface area contributed by atoms with Gasteiger partial charge in [0, 0.05) is 18.7 Å². The summed E-state index contributed by atoms with van der Waals surface area (Å²) < 4.78 is 14.6. The number of alkyl carbamates (subject to hydrolysis) is 1. The van der Waals surface area contributed by atoms with Gasteiger partial charge in [0.25, 0.3) is 5.91 Å². The second-order valence-corrected chi connectivity index (χ2v) is 6.87. The van der Waals surface area contributed by atoms with E-state index in [0.717, 1.165) is 12.8 Å². The minimum atomic E-state index is -0.687. The van der Waals surface area contributed by atoms with Gasteiger partial charge in [-0.25, -0.2) is 9.59 Å². The normalized spacial score (nSPS) is 15.2. The zero-order valence-corrected chi connectivity index (χ0v) is 14.8. The molecule has 0 aromatic carbocycles. The van der Waals surface area contributed by atoms with E-state index < -0.39 is 23.6 Å². The Morgan fingerprint density at radius 1 is 1.36 bits per heavy atom. The molecule has 9 heteroatoms. The number of carbonyl (C=O) groups is 3. The van der Waals surface area contributed by atoms with Crippen LogP contribution in [0.1, 0.15) is 54.7 Å². The van der Waals surface area contributed by atoms with Gasteiger partial charge in [-0.15, -0.1) is 0 Å². The zero-order chi connectivity index (χ0) is 18.6. The van der Waals surface area contributed by atoms with Crippen LogP contribution >= 0.6 is 0 Å². The number of esters is 1. The minimum Gasteiger partial charge on any atom is -0.464 e. The maximum absolute atomic E-state index is 12.2. The van der Waals surface area contributed by atoms with Crippen molar-refractivity contribution in [2.45, 2.75) is 45.3 Å². The first-order chi connectivity index (χ1) is 11.7. The number of amides is 2. The van der Waals surface area contributed by atoms with Gasteiger partial charge >= 0.3 is 12.1 Å². The molecule has 25 heavy (non-hydrogen) atoms. The van der Waals surface area contributed by atoms with E-state index in [1.54, 1.807) is 20.8 Å². The van der Waals surface area contributed by atoms with Crippen LogP contribution in [-0.2, 0) is 9.47 Å². The number of ether oxygens (including phenoxy) is 2. The predicted octanol–water partition coefficient (Wildman–Crippen LogP) is 1.49. The second kappa shape index (κ2) is 7.54. The summed E-state index contributed by atoms with van der Waals surface area (Å²) in [6.45, 7) is 5.56. The molecule has 1 unspecified atom stereocenters. The third-order valence-electron chi connectivity index (χ3n) is 3.50. The molecule has 0 radical (unpaired) electrons. The maximum atomic E-state index is 12.2. The fourth-order valence-corrected chi connectivity index (χ4v) is 2.16. The summed E-state index contributed by atoms with van der Waals surface area (Å²) in [6, 6.07) is 0.957. The molecule has 1 aromatic rings. The summed E-state index contributed by atoms with van der Waals surface area (Å²) in [5.41, 5.74) is -0.672. The first-order valence-electron chi connectivity index (χ1n) is 8.02. The van der Waals surface area contributed by atoms with Crippen LogP contribution in [0, 0.1) is 5.92 Å². The molecule has 9 nitrogen and oxygen atoms in total. The lowest BCUT2D eigenvalue weighted by Crippen LogP contribution is -2.46. The lowest BCUT2D eigenvalue weighted by Gasteiger charge is -2.22. The monoisotopic (exact) mass is 353 g/mol. The Hall–Kier alpha value is -2.58. The van der Waals surface area contributed by atoms with Crippen LogP contribution in [0.5, 0.6) is 0 Å². The van der Waals surface area contributed by atoms with Crippen LogP contribution < -0.4 is 10.6 Å². The quantitative estimate of drug-likeness (QED) is 0.744. The zero-order valence-electron chi connectivity index (χ0n) is 14.8. The van der Waals surface area contributed by atoms with Crippen LogP contribution in [0.25, 0.3) is 0 Å². The Kier molecular flexibility index (Phi) is 5.66. The highest BCUT2D eigenvalue weighted by Gasteiger charge is 2.34. The summed E-state index contributed by atoms with van der Waals surface area (Å²) >= 11 is 0. The average molecular weight is 353 g/mol. The predicted molar refractivity (Wildman–Crippen MR) is 86.1 cm³/mol. The van der Waals surface area contributed by atoms with Crippen LogP contribution in [-0.4, -0.2) is 48.4 Å². The standard InChI is InChI=1S/C16H23N3O6/c1-16(2,3)24-15(22)17-8-11(9-5-6-9)18-13(20)12-7-10(19-25-12)14(21)23-4/h7,9,11H,5-6,8H2,1-4H3,(H,17,22)(H,18,20). The van der Waals surface area contributed by atoms with Gasteiger partial charge in [-0.3, -0.25) is 4.79 Å². The molecule has 1 heterocycles. The van der Waals surface area contributed by atoms with Crippen LogP contribution in [0.2, 0.25) is 0 Å². The fraction of sp³-hybridized carbons (Fsp3) is 0.625. The molecule has 2 amide bonds. The molecule has 138 valence electrons. The number of aromatic nitrogens is 1. The number of hydrogen-bond acceptors (Lipinski definition) is 7. The van der Waals surface area contributed by atoms with Crippen LogP contribution in [0.3, 0.4) is 0 Å². The molecular formula is C16H23N3O6. The molecule has 0 bridgehead atoms. The smallest absolute Gasteiger partial charge is 0.407 e. The van der Waals surface area contributed by atoms with Gasteiger partial charge in [-0.05, 0) is 39.5 Å². The van der Waals surface area contributed by atoms with E-state index in [1.165, 1.54) is 13.2 Å². The van der Waals surface area contributed by atoms with Crippen molar-refractivity contribution in [2.75, 3.05) is 13.7 Å². The Morgan fingerprint density at radius 3 is 2.60 bits per heavy atom. The van der Waals surface area contributed by atoms with Gasteiger partial charge < -0.3 is 24.6 Å². The van der Waals surface area contributed by atoms with E-state index in [1.807, 2.05) is 0 Å². The van der Waals surface area contributed by atoms with Crippen LogP contribution in [0.4, 0.5) is 4.79 Å². The van der Waals surface area contributed by atoms with Crippen molar-refractivity contribution in [3.8, 4) is 0 Å². The molecule has 1 aliphatic carbocycles. The first kappa shape index (κ1) is 18.8. The molecule has 0 aliphatic heterocycles. The van der Waals surface area contributed by atoms with Crippen molar-refractivity contribution < 1.29 is 28.4 Å². The highest BCUT2D eigenvalue weighted by molar-refractivity contribution is 5.95. The number of carbonyl (C=O) groups excluding carboxylic acids is 3. The van der Waals surface area contributed by atoms with E-state index >= 15 is 0 Å². The summed E-state index contributed by atoms with van der Waals surface area (Å²) in [5.74, 6) is -1.01. The molecule has 1 aromatic heterocycles. The SMILES string of the molecule is COC(=O)c1cc(C(=O)NC(CNC(=O)OC(C)(C)C)C2CC2)on1. The van der Waals surface area contributed by atoms with E-state index in [-0.39, 0.29) is 30.0 Å². The topological polar surface area (TPSA) is 120 Å².